The summed E-state index contributed by atoms with van der Waals surface area (Å²) in [5.74, 6) is -1.27. The van der Waals surface area contributed by atoms with Crippen molar-refractivity contribution in [2.75, 3.05) is 20.6 Å². The van der Waals surface area contributed by atoms with Crippen molar-refractivity contribution >= 4 is 28.0 Å². The van der Waals surface area contributed by atoms with E-state index in [0.29, 0.717) is 22.8 Å². The molecule has 2 aromatic carbocycles. The lowest BCUT2D eigenvalue weighted by Crippen LogP contribution is -2.57. The molecule has 218 valence electrons. The maximum absolute atomic E-state index is 14.1. The summed E-state index contributed by atoms with van der Waals surface area (Å²) in [6.45, 7) is 9.46. The van der Waals surface area contributed by atoms with Crippen LogP contribution in [0.5, 0.6) is 5.75 Å². The summed E-state index contributed by atoms with van der Waals surface area (Å²) in [6.07, 6.45) is -0.574. The molecule has 0 saturated carbocycles. The topological polar surface area (TPSA) is 122 Å². The van der Waals surface area contributed by atoms with Crippen LogP contribution in [-0.2, 0) is 30.8 Å². The predicted octanol–water partition coefficient (Wildman–Crippen LogP) is 3.52. The molecule has 10 nitrogen and oxygen atoms in total. The molecule has 1 aliphatic heterocycles. The number of aryl methyl sites for hydroxylation is 1. The molecule has 1 N–H and O–H groups in total. The summed E-state index contributed by atoms with van der Waals surface area (Å²) in [4.78, 5) is 40.7. The van der Waals surface area contributed by atoms with Crippen molar-refractivity contribution in [3.05, 3.63) is 59.7 Å². The van der Waals surface area contributed by atoms with Gasteiger partial charge in [-0.25, -0.2) is 22.3 Å². The first-order valence-electron chi connectivity index (χ1n) is 13.2. The van der Waals surface area contributed by atoms with E-state index in [2.05, 4.69) is 5.32 Å². The first-order chi connectivity index (χ1) is 18.6. The van der Waals surface area contributed by atoms with Crippen LogP contribution in [0.25, 0.3) is 0 Å². The van der Waals surface area contributed by atoms with Gasteiger partial charge in [-0.2, -0.15) is 0 Å². The van der Waals surface area contributed by atoms with Gasteiger partial charge in [0.15, 0.2) is 0 Å². The fraction of sp³-hybridized carbons (Fsp3) is 0.483. The van der Waals surface area contributed by atoms with Gasteiger partial charge in [-0.15, -0.1) is 0 Å². The first-order valence-corrected chi connectivity index (χ1v) is 14.6. The van der Waals surface area contributed by atoms with E-state index >= 15 is 0 Å². The zero-order valence-electron chi connectivity index (χ0n) is 24.1. The standard InChI is InChI=1S/C29H39N3O7S/c1-19(2)38-27(34)24(18-21-10-12-22(13-11-21)39-28(35)31(6)7)32(26(33)25-29(4,5)16-17-30-25)40(36,37)23-14-8-20(3)9-15-23/h8-15,19,24-25,30H,16-18H2,1-7H3/t24-,25+/m0/s1. The minimum Gasteiger partial charge on any atom is -0.461 e. The zero-order chi connectivity index (χ0) is 29.8. The highest BCUT2D eigenvalue weighted by molar-refractivity contribution is 7.89. The molecule has 1 fully saturated rings. The summed E-state index contributed by atoms with van der Waals surface area (Å²) in [5.41, 5.74) is 0.856. The van der Waals surface area contributed by atoms with Gasteiger partial charge in [-0.3, -0.25) is 4.79 Å². The Morgan fingerprint density at radius 1 is 1.02 bits per heavy atom. The number of hydrogen-bond acceptors (Lipinski definition) is 8. The highest BCUT2D eigenvalue weighted by Gasteiger charge is 2.48. The normalized spacial score (nSPS) is 17.2. The van der Waals surface area contributed by atoms with Crippen LogP contribution in [0.2, 0.25) is 0 Å². The van der Waals surface area contributed by atoms with Crippen LogP contribution in [0.4, 0.5) is 4.79 Å². The third-order valence-corrected chi connectivity index (χ3v) is 8.59. The van der Waals surface area contributed by atoms with Crippen LogP contribution in [-0.4, -0.2) is 74.4 Å². The molecule has 1 aliphatic rings. The van der Waals surface area contributed by atoms with Gasteiger partial charge in [-0.05, 0) is 69.0 Å². The van der Waals surface area contributed by atoms with E-state index in [4.69, 9.17) is 9.47 Å². The molecule has 11 heteroatoms. The summed E-state index contributed by atoms with van der Waals surface area (Å²) < 4.78 is 39.7. The molecule has 0 bridgehead atoms. The van der Waals surface area contributed by atoms with Crippen LogP contribution in [0, 0.1) is 12.3 Å². The van der Waals surface area contributed by atoms with Gasteiger partial charge in [0.1, 0.15) is 11.8 Å². The summed E-state index contributed by atoms with van der Waals surface area (Å²) in [5, 5.41) is 3.13. The zero-order valence-corrected chi connectivity index (χ0v) is 24.9. The average Bonchev–Trinajstić information content (AvgIpc) is 3.23. The number of carbonyl (C=O) groups is 3. The van der Waals surface area contributed by atoms with Crippen LogP contribution in [0.15, 0.2) is 53.4 Å². The van der Waals surface area contributed by atoms with Gasteiger partial charge in [0, 0.05) is 20.5 Å². The van der Waals surface area contributed by atoms with Crippen molar-refractivity contribution in [1.82, 2.24) is 14.5 Å². The number of rotatable bonds is 9. The van der Waals surface area contributed by atoms with Crippen LogP contribution in [0.3, 0.4) is 0 Å². The largest absolute Gasteiger partial charge is 0.461 e. The SMILES string of the molecule is Cc1ccc(S(=O)(=O)N(C(=O)[C@H]2NCCC2(C)C)[C@@H](Cc2ccc(OC(=O)N(C)C)cc2)C(=O)OC(C)C)cc1. The molecule has 1 saturated heterocycles. The molecule has 0 aliphatic carbocycles. The van der Waals surface area contributed by atoms with E-state index in [1.54, 1.807) is 64.3 Å². The van der Waals surface area contributed by atoms with Gasteiger partial charge in [0.25, 0.3) is 15.9 Å². The first kappa shape index (κ1) is 31.1. The second-order valence-electron chi connectivity index (χ2n) is 11.2. The Labute approximate surface area is 236 Å². The van der Waals surface area contributed by atoms with E-state index in [1.165, 1.54) is 17.0 Å². The number of carbonyl (C=O) groups excluding carboxylic acids is 3. The highest BCUT2D eigenvalue weighted by atomic mass is 32.2. The van der Waals surface area contributed by atoms with E-state index < -0.39 is 51.6 Å². The highest BCUT2D eigenvalue weighted by Crippen LogP contribution is 2.34. The number of esters is 1. The van der Waals surface area contributed by atoms with Gasteiger partial charge in [0.2, 0.25) is 0 Å². The van der Waals surface area contributed by atoms with Crippen LogP contribution >= 0.6 is 0 Å². The smallest absolute Gasteiger partial charge is 0.414 e. The monoisotopic (exact) mass is 573 g/mol. The summed E-state index contributed by atoms with van der Waals surface area (Å²) >= 11 is 0. The Balaban J connectivity index is 2.09. The van der Waals surface area contributed by atoms with Crippen molar-refractivity contribution in [2.45, 2.75) is 70.5 Å². The van der Waals surface area contributed by atoms with E-state index in [0.717, 1.165) is 5.56 Å². The minimum absolute atomic E-state index is 0.101. The molecule has 2 amide bonds. The number of hydrogen-bond donors (Lipinski definition) is 1. The van der Waals surface area contributed by atoms with E-state index in [1.807, 2.05) is 20.8 Å². The Morgan fingerprint density at radius 2 is 1.62 bits per heavy atom. The fourth-order valence-electron chi connectivity index (χ4n) is 4.45. The van der Waals surface area contributed by atoms with Gasteiger partial charge in [0.05, 0.1) is 17.0 Å². The van der Waals surface area contributed by atoms with E-state index in [9.17, 15) is 22.8 Å². The maximum atomic E-state index is 14.1. The Hall–Kier alpha value is -3.44. The number of ether oxygens (including phenoxy) is 2. The van der Waals surface area contributed by atoms with Gasteiger partial charge in [-0.1, -0.05) is 43.7 Å². The fourth-order valence-corrected chi connectivity index (χ4v) is 6.00. The molecule has 3 rings (SSSR count). The van der Waals surface area contributed by atoms with Crippen molar-refractivity contribution in [2.24, 2.45) is 5.41 Å². The lowest BCUT2D eigenvalue weighted by molar-refractivity contribution is -0.155. The molecule has 2 atom stereocenters. The van der Waals surface area contributed by atoms with Crippen molar-refractivity contribution in [3.63, 3.8) is 0 Å². The second kappa shape index (κ2) is 12.4. The number of nitrogens with one attached hydrogen (secondary N) is 1. The lowest BCUT2D eigenvalue weighted by atomic mass is 9.84. The summed E-state index contributed by atoms with van der Waals surface area (Å²) in [6, 6.07) is 10.2. The minimum atomic E-state index is -4.47. The van der Waals surface area contributed by atoms with Crippen molar-refractivity contribution in [1.29, 1.82) is 0 Å². The lowest BCUT2D eigenvalue weighted by Gasteiger charge is -2.35. The van der Waals surface area contributed by atoms with Crippen molar-refractivity contribution in [3.8, 4) is 5.75 Å². The predicted molar refractivity (Wildman–Crippen MR) is 150 cm³/mol. The molecule has 0 unspecified atom stereocenters. The molecular formula is C29H39N3O7S. The third kappa shape index (κ3) is 7.19. The van der Waals surface area contributed by atoms with Crippen LogP contribution < -0.4 is 10.1 Å². The second-order valence-corrected chi connectivity index (χ2v) is 13.0. The molecule has 0 radical (unpaired) electrons. The molecule has 40 heavy (non-hydrogen) atoms. The Morgan fingerprint density at radius 3 is 2.12 bits per heavy atom. The van der Waals surface area contributed by atoms with Gasteiger partial charge >= 0.3 is 12.1 Å². The Bertz CT molecular complexity index is 1320. The number of nitrogens with zero attached hydrogens (tertiary/aromatic N) is 2. The Kier molecular flexibility index (Phi) is 9.63. The van der Waals surface area contributed by atoms with Crippen molar-refractivity contribution < 1.29 is 32.3 Å². The molecule has 0 spiro atoms. The van der Waals surface area contributed by atoms with Gasteiger partial charge < -0.3 is 19.7 Å². The molecular weight excluding hydrogens is 534 g/mol. The molecule has 0 aromatic heterocycles. The van der Waals surface area contributed by atoms with E-state index in [-0.39, 0.29) is 17.1 Å². The third-order valence-electron chi connectivity index (χ3n) is 6.77. The average molecular weight is 574 g/mol. The number of sulfonamides is 1. The van der Waals surface area contributed by atoms with Crippen LogP contribution in [0.1, 0.15) is 45.2 Å². The maximum Gasteiger partial charge on any atom is 0.414 e. The quantitative estimate of drug-likeness (QED) is 0.452. The molecule has 1 heterocycles. The summed E-state index contributed by atoms with van der Waals surface area (Å²) in [7, 11) is -1.35. The number of benzene rings is 2. The number of amides is 2. The molecule has 2 aromatic rings.